The van der Waals surface area contributed by atoms with Gasteiger partial charge in [-0.05, 0) is 62.1 Å². The monoisotopic (exact) mass is 245 g/mol. The highest BCUT2D eigenvalue weighted by Crippen LogP contribution is 2.29. The molecule has 2 N–H and O–H groups in total. The van der Waals surface area contributed by atoms with Crippen LogP contribution in [0.1, 0.15) is 38.0 Å². The fraction of sp³-hybridized carbons (Fsp3) is 0.333. The van der Waals surface area contributed by atoms with Gasteiger partial charge in [0, 0.05) is 9.75 Å². The van der Waals surface area contributed by atoms with E-state index in [0.717, 1.165) is 0 Å². The summed E-state index contributed by atoms with van der Waals surface area (Å²) in [4.78, 5) is 2.56. The molecular formula is C15H19NS. The van der Waals surface area contributed by atoms with Crippen molar-refractivity contribution in [2.24, 2.45) is 5.73 Å². The third-order valence-electron chi connectivity index (χ3n) is 3.29. The molecule has 0 radical (unpaired) electrons. The Labute approximate surface area is 107 Å². The lowest BCUT2D eigenvalue weighted by Crippen LogP contribution is -2.12. The molecule has 0 aliphatic heterocycles. The van der Waals surface area contributed by atoms with E-state index < -0.39 is 0 Å². The van der Waals surface area contributed by atoms with E-state index in [-0.39, 0.29) is 6.04 Å². The Morgan fingerprint density at radius 2 is 1.59 bits per heavy atom. The summed E-state index contributed by atoms with van der Waals surface area (Å²) in [5.41, 5.74) is 11.5. The quantitative estimate of drug-likeness (QED) is 0.849. The summed E-state index contributed by atoms with van der Waals surface area (Å²) in [5, 5.41) is 0. The molecule has 0 fully saturated rings. The number of thiophene rings is 1. The molecule has 1 aromatic heterocycles. The van der Waals surface area contributed by atoms with Crippen LogP contribution < -0.4 is 5.73 Å². The fourth-order valence-electron chi connectivity index (χ4n) is 2.09. The van der Waals surface area contributed by atoms with Crippen molar-refractivity contribution in [3.63, 3.8) is 0 Å². The molecule has 1 atom stereocenters. The predicted octanol–water partition coefficient (Wildman–Crippen LogP) is 4.03. The van der Waals surface area contributed by atoms with E-state index in [9.17, 15) is 0 Å². The Morgan fingerprint density at radius 3 is 2.18 bits per heavy atom. The van der Waals surface area contributed by atoms with E-state index in [1.807, 2.05) is 0 Å². The van der Waals surface area contributed by atoms with Crippen LogP contribution in [0.2, 0.25) is 0 Å². The second-order valence-corrected chi connectivity index (χ2v) is 6.04. The maximum absolute atomic E-state index is 6.36. The summed E-state index contributed by atoms with van der Waals surface area (Å²) < 4.78 is 0. The maximum atomic E-state index is 6.36. The van der Waals surface area contributed by atoms with Gasteiger partial charge in [-0.2, -0.15) is 0 Å². The third kappa shape index (κ3) is 2.43. The highest BCUT2D eigenvalue weighted by molar-refractivity contribution is 7.12. The van der Waals surface area contributed by atoms with Gasteiger partial charge < -0.3 is 5.73 Å². The number of hydrogen-bond acceptors (Lipinski definition) is 2. The molecule has 0 bridgehead atoms. The maximum Gasteiger partial charge on any atom is 0.0648 e. The number of nitrogens with two attached hydrogens (primary N) is 1. The van der Waals surface area contributed by atoms with Gasteiger partial charge in [-0.1, -0.05) is 12.1 Å². The SMILES string of the molecule is Cc1ccc(C(N)c2cc(C)c(C)cc2C)s1. The normalized spacial score (nSPS) is 12.8. The van der Waals surface area contributed by atoms with E-state index in [1.165, 1.54) is 32.0 Å². The Bertz CT molecular complexity index is 540. The zero-order valence-corrected chi connectivity index (χ0v) is 11.7. The van der Waals surface area contributed by atoms with Gasteiger partial charge in [0.15, 0.2) is 0 Å². The van der Waals surface area contributed by atoms with Crippen LogP contribution in [0.5, 0.6) is 0 Å². The van der Waals surface area contributed by atoms with E-state index >= 15 is 0 Å². The zero-order valence-electron chi connectivity index (χ0n) is 10.9. The van der Waals surface area contributed by atoms with Crippen LogP contribution in [0.4, 0.5) is 0 Å². The smallest absolute Gasteiger partial charge is 0.0648 e. The largest absolute Gasteiger partial charge is 0.320 e. The lowest BCUT2D eigenvalue weighted by molar-refractivity contribution is 0.879. The summed E-state index contributed by atoms with van der Waals surface area (Å²) in [5.74, 6) is 0. The molecular weight excluding hydrogens is 226 g/mol. The molecule has 1 unspecified atom stereocenters. The first-order valence-electron chi connectivity index (χ1n) is 5.88. The van der Waals surface area contributed by atoms with Crippen LogP contribution in [0.15, 0.2) is 24.3 Å². The Balaban J connectivity index is 2.43. The number of benzene rings is 1. The second-order valence-electron chi connectivity index (χ2n) is 4.72. The summed E-state index contributed by atoms with van der Waals surface area (Å²) in [6.45, 7) is 8.55. The number of hydrogen-bond donors (Lipinski definition) is 1. The lowest BCUT2D eigenvalue weighted by Gasteiger charge is -2.15. The highest BCUT2D eigenvalue weighted by atomic mass is 32.1. The molecule has 1 heterocycles. The molecule has 2 aromatic rings. The first-order valence-corrected chi connectivity index (χ1v) is 6.70. The molecule has 0 amide bonds. The summed E-state index contributed by atoms with van der Waals surface area (Å²) in [6.07, 6.45) is 0. The Hall–Kier alpha value is -1.12. The van der Waals surface area contributed by atoms with Crippen molar-refractivity contribution in [2.45, 2.75) is 33.7 Å². The van der Waals surface area contributed by atoms with Gasteiger partial charge in [-0.15, -0.1) is 11.3 Å². The first-order chi connectivity index (χ1) is 7.99. The summed E-state index contributed by atoms with van der Waals surface area (Å²) in [6, 6.07) is 8.73. The molecule has 17 heavy (non-hydrogen) atoms. The Kier molecular flexibility index (Phi) is 3.36. The first kappa shape index (κ1) is 12.3. The minimum Gasteiger partial charge on any atom is -0.320 e. The van der Waals surface area contributed by atoms with Crippen molar-refractivity contribution >= 4 is 11.3 Å². The van der Waals surface area contributed by atoms with Crippen LogP contribution in [0.25, 0.3) is 0 Å². The molecule has 0 saturated heterocycles. The predicted molar refractivity (Wildman–Crippen MR) is 75.7 cm³/mol. The van der Waals surface area contributed by atoms with Crippen LogP contribution in [-0.4, -0.2) is 0 Å². The van der Waals surface area contributed by atoms with Gasteiger partial charge in [0.1, 0.15) is 0 Å². The van der Waals surface area contributed by atoms with Gasteiger partial charge in [0.25, 0.3) is 0 Å². The van der Waals surface area contributed by atoms with Gasteiger partial charge in [-0.3, -0.25) is 0 Å². The van der Waals surface area contributed by atoms with Crippen LogP contribution >= 0.6 is 11.3 Å². The topological polar surface area (TPSA) is 26.0 Å². The second kappa shape index (κ2) is 4.63. The fourth-order valence-corrected chi connectivity index (χ4v) is 2.99. The van der Waals surface area contributed by atoms with E-state index in [0.29, 0.717) is 0 Å². The van der Waals surface area contributed by atoms with Crippen molar-refractivity contribution in [3.05, 3.63) is 56.3 Å². The molecule has 1 aromatic carbocycles. The zero-order chi connectivity index (χ0) is 12.6. The van der Waals surface area contributed by atoms with E-state index in [1.54, 1.807) is 11.3 Å². The average Bonchev–Trinajstić information content (AvgIpc) is 2.69. The van der Waals surface area contributed by atoms with Crippen LogP contribution in [-0.2, 0) is 0 Å². The molecule has 2 heteroatoms. The van der Waals surface area contributed by atoms with Crippen molar-refractivity contribution in [1.82, 2.24) is 0 Å². The molecule has 0 spiro atoms. The lowest BCUT2D eigenvalue weighted by atomic mass is 9.95. The standard InChI is InChI=1S/C15H19NS/c1-9-7-11(3)13(8-10(9)2)15(16)14-6-5-12(4)17-14/h5-8,15H,16H2,1-4H3. The van der Waals surface area contributed by atoms with Gasteiger partial charge in [0.05, 0.1) is 6.04 Å². The van der Waals surface area contributed by atoms with Gasteiger partial charge in [-0.25, -0.2) is 0 Å². The van der Waals surface area contributed by atoms with E-state index in [4.69, 9.17) is 5.73 Å². The van der Waals surface area contributed by atoms with E-state index in [2.05, 4.69) is 52.0 Å². The van der Waals surface area contributed by atoms with Crippen LogP contribution in [0.3, 0.4) is 0 Å². The Morgan fingerprint density at radius 1 is 0.941 bits per heavy atom. The molecule has 0 aliphatic carbocycles. The summed E-state index contributed by atoms with van der Waals surface area (Å²) in [7, 11) is 0. The summed E-state index contributed by atoms with van der Waals surface area (Å²) >= 11 is 1.78. The minimum atomic E-state index is 0.00741. The number of rotatable bonds is 2. The van der Waals surface area contributed by atoms with Gasteiger partial charge >= 0.3 is 0 Å². The van der Waals surface area contributed by atoms with Crippen molar-refractivity contribution < 1.29 is 0 Å². The average molecular weight is 245 g/mol. The molecule has 90 valence electrons. The minimum absolute atomic E-state index is 0.00741. The van der Waals surface area contributed by atoms with Crippen molar-refractivity contribution in [3.8, 4) is 0 Å². The van der Waals surface area contributed by atoms with Gasteiger partial charge in [0.2, 0.25) is 0 Å². The van der Waals surface area contributed by atoms with Crippen molar-refractivity contribution in [1.29, 1.82) is 0 Å². The van der Waals surface area contributed by atoms with Crippen LogP contribution in [0, 0.1) is 27.7 Å². The van der Waals surface area contributed by atoms with Crippen molar-refractivity contribution in [2.75, 3.05) is 0 Å². The molecule has 2 rings (SSSR count). The third-order valence-corrected chi connectivity index (χ3v) is 4.37. The number of aryl methyl sites for hydroxylation is 4. The molecule has 0 saturated carbocycles. The highest BCUT2D eigenvalue weighted by Gasteiger charge is 2.14. The molecule has 1 nitrogen and oxygen atoms in total. The molecule has 0 aliphatic rings.